The molecule has 0 spiro atoms. The summed E-state index contributed by atoms with van der Waals surface area (Å²) in [7, 11) is 0. The molecule has 0 aromatic carbocycles. The molecule has 0 amide bonds. The molecule has 0 heterocycles. The molecule has 0 saturated heterocycles. The van der Waals surface area contributed by atoms with Gasteiger partial charge in [-0.1, -0.05) is 0 Å². The van der Waals surface area contributed by atoms with Gasteiger partial charge in [-0.25, -0.2) is 0 Å². The molecule has 92 valence electrons. The van der Waals surface area contributed by atoms with Gasteiger partial charge in [0.2, 0.25) is 0 Å². The van der Waals surface area contributed by atoms with E-state index in [1.165, 1.54) is 12.8 Å². The van der Waals surface area contributed by atoms with Gasteiger partial charge < -0.3 is 24.8 Å². The smallest absolute Gasteiger partial charge is 1.00 e. The predicted molar refractivity (Wildman–Crippen MR) is 62.1 cm³/mol. The average Bonchev–Trinajstić information content (AvgIpc) is 2.68. The summed E-state index contributed by atoms with van der Waals surface area (Å²) in [6.07, 6.45) is 7.35. The first kappa shape index (κ1) is 17.4. The van der Waals surface area contributed by atoms with Crippen LogP contribution in [0.2, 0.25) is 0 Å². The molecule has 0 bridgehead atoms. The van der Waals surface area contributed by atoms with Gasteiger partial charge in [-0.3, -0.25) is 0 Å². The average molecular weight is 348 g/mol. The van der Waals surface area contributed by atoms with E-state index in [0.29, 0.717) is 0 Å². The van der Waals surface area contributed by atoms with Crippen molar-refractivity contribution in [1.82, 2.24) is 0 Å². The fourth-order valence-electron chi connectivity index (χ4n) is 2.02. The van der Waals surface area contributed by atoms with Gasteiger partial charge in [0.15, 0.2) is 0 Å². The van der Waals surface area contributed by atoms with Crippen LogP contribution < -0.4 is 24.8 Å². The summed E-state index contributed by atoms with van der Waals surface area (Å²) in [4.78, 5) is 0. The van der Waals surface area contributed by atoms with E-state index in [-0.39, 0.29) is 24.8 Å². The Labute approximate surface area is 129 Å². The topological polar surface area (TPSA) is 0 Å². The maximum atomic E-state index is 2.47. The van der Waals surface area contributed by atoms with Crippen molar-refractivity contribution in [3.8, 4) is 0 Å². The first-order valence-electron chi connectivity index (χ1n) is 5.60. The van der Waals surface area contributed by atoms with Crippen LogP contribution in [0.4, 0.5) is 0 Å². The van der Waals surface area contributed by atoms with Gasteiger partial charge in [-0.15, -0.1) is 0 Å². The van der Waals surface area contributed by atoms with Crippen molar-refractivity contribution in [3.05, 3.63) is 41.0 Å². The second-order valence-corrected chi connectivity index (χ2v) is 7.84. The first-order chi connectivity index (χ1) is 7.09. The van der Waals surface area contributed by atoms with E-state index in [2.05, 4.69) is 39.8 Å². The second-order valence-electron chi connectivity index (χ2n) is 4.58. The molecule has 0 radical (unpaired) electrons. The summed E-state index contributed by atoms with van der Waals surface area (Å²) in [5, 5.41) is 0. The summed E-state index contributed by atoms with van der Waals surface area (Å²) >= 11 is -0.486. The van der Waals surface area contributed by atoms with Crippen LogP contribution in [0.15, 0.2) is 41.0 Å². The Balaban J connectivity index is 0.00000128. The number of hydrogen-bond donors (Lipinski definition) is 0. The van der Waals surface area contributed by atoms with E-state index in [1.807, 2.05) is 0 Å². The Morgan fingerprint density at radius 1 is 0.765 bits per heavy atom. The molecule has 0 saturated carbocycles. The summed E-state index contributed by atoms with van der Waals surface area (Å²) in [6.45, 7) is 9.15. The van der Waals surface area contributed by atoms with Crippen LogP contribution >= 0.6 is 0 Å². The molecule has 2 rings (SSSR count). The van der Waals surface area contributed by atoms with Crippen molar-refractivity contribution >= 4 is 0 Å². The maximum Gasteiger partial charge on any atom is -1.00 e. The molecule has 0 atom stereocenters. The van der Waals surface area contributed by atoms with Gasteiger partial charge >= 0.3 is 105 Å². The number of rotatable bonds is 2. The summed E-state index contributed by atoms with van der Waals surface area (Å²) in [5.74, 6) is 0. The van der Waals surface area contributed by atoms with Crippen LogP contribution in [-0.2, 0) is 23.2 Å². The van der Waals surface area contributed by atoms with Crippen molar-refractivity contribution in [3.63, 3.8) is 0 Å². The van der Waals surface area contributed by atoms with E-state index in [0.717, 1.165) is 0 Å². The van der Waals surface area contributed by atoms with Gasteiger partial charge in [0.1, 0.15) is 0 Å². The van der Waals surface area contributed by atoms with E-state index in [4.69, 9.17) is 0 Å². The largest absolute Gasteiger partial charge is 1.00 e. The molecule has 17 heavy (non-hydrogen) atoms. The minimum absolute atomic E-state index is 0. The number of hydrogen-bond acceptors (Lipinski definition) is 0. The van der Waals surface area contributed by atoms with E-state index in [1.54, 1.807) is 28.9 Å². The molecule has 0 fully saturated rings. The van der Waals surface area contributed by atoms with Gasteiger partial charge in [0, 0.05) is 0 Å². The Morgan fingerprint density at radius 2 is 1.12 bits per heavy atom. The molecule has 2 aliphatic carbocycles. The van der Waals surface area contributed by atoms with E-state index >= 15 is 0 Å². The molecule has 2 aliphatic rings. The normalized spacial score (nSPS) is 18.4. The van der Waals surface area contributed by atoms with Crippen LogP contribution in [0.1, 0.15) is 40.5 Å². The molecule has 0 aromatic rings. The summed E-state index contributed by atoms with van der Waals surface area (Å²) in [6, 6.07) is 0. The van der Waals surface area contributed by atoms with Crippen molar-refractivity contribution in [1.29, 1.82) is 0 Å². The molecule has 0 nitrogen and oxygen atoms in total. The van der Waals surface area contributed by atoms with Crippen molar-refractivity contribution in [2.45, 2.75) is 40.5 Å². The first-order valence-corrected chi connectivity index (χ1v) is 8.06. The van der Waals surface area contributed by atoms with Crippen molar-refractivity contribution in [2.75, 3.05) is 0 Å². The van der Waals surface area contributed by atoms with Gasteiger partial charge in [-0.05, 0) is 0 Å². The summed E-state index contributed by atoms with van der Waals surface area (Å²) < 4.78 is 3.44. The van der Waals surface area contributed by atoms with Gasteiger partial charge in [-0.2, -0.15) is 0 Å². The molecule has 0 aromatic heterocycles. The number of halogens is 2. The Kier molecular flexibility index (Phi) is 7.30. The van der Waals surface area contributed by atoms with Crippen molar-refractivity contribution in [2.24, 2.45) is 0 Å². The minimum Gasteiger partial charge on any atom is -1.00 e. The van der Waals surface area contributed by atoms with Crippen LogP contribution in [0, 0.1) is 0 Å². The molecule has 0 N–H and O–H groups in total. The molecule has 0 unspecified atom stereocenters. The monoisotopic (exact) mass is 346 g/mol. The third kappa shape index (κ3) is 3.69. The van der Waals surface area contributed by atoms with E-state index in [9.17, 15) is 0 Å². The Hall–Kier alpha value is 0.423. The van der Waals surface area contributed by atoms with Crippen LogP contribution in [0.25, 0.3) is 0 Å². The third-order valence-electron chi connectivity index (χ3n) is 3.58. The van der Waals surface area contributed by atoms with E-state index < -0.39 is 23.2 Å². The molecule has 3 heteroatoms. The molecular weight excluding hydrogens is 330 g/mol. The quantitative estimate of drug-likeness (QED) is 0.560. The SMILES string of the molecule is CC1=C(C)[C]([Zr+2][C]2=CCC(C)=C2C)=CC1.[Cl-].[Cl-]. The second kappa shape index (κ2) is 7.12. The fraction of sp³-hybridized carbons (Fsp3) is 0.429. The van der Waals surface area contributed by atoms with Gasteiger partial charge in [0.25, 0.3) is 0 Å². The maximum absolute atomic E-state index is 2.47. The standard InChI is InChI=1S/2C7H9.2ClH.Zr/c2*1-6-4-3-5-7(6)2;;;/h2*3H,4H2,1-2H3;2*1H;/q;;;;+2/p-2. The third-order valence-corrected chi connectivity index (χ3v) is 7.75. The Morgan fingerprint density at radius 3 is 1.35 bits per heavy atom. The van der Waals surface area contributed by atoms with Crippen LogP contribution in [-0.4, -0.2) is 0 Å². The van der Waals surface area contributed by atoms with Crippen LogP contribution in [0.3, 0.4) is 0 Å². The Bertz CT molecular complexity index is 386. The van der Waals surface area contributed by atoms with Crippen LogP contribution in [0.5, 0.6) is 0 Å². The van der Waals surface area contributed by atoms with Crippen molar-refractivity contribution < 1.29 is 48.0 Å². The molecular formula is C14H18Cl2Zr. The number of allylic oxidation sites excluding steroid dienone is 8. The zero-order valence-electron chi connectivity index (χ0n) is 10.8. The fourth-order valence-corrected chi connectivity index (χ4v) is 5.70. The summed E-state index contributed by atoms with van der Waals surface area (Å²) in [5.41, 5.74) is 6.37. The zero-order chi connectivity index (χ0) is 11.0. The van der Waals surface area contributed by atoms with Gasteiger partial charge in [0.05, 0.1) is 0 Å². The molecule has 0 aliphatic heterocycles. The predicted octanol–water partition coefficient (Wildman–Crippen LogP) is -1.68. The zero-order valence-corrected chi connectivity index (χ0v) is 14.8. The minimum atomic E-state index is -0.486.